The normalized spacial score (nSPS) is 19.0. The van der Waals surface area contributed by atoms with Crippen LogP contribution in [0.2, 0.25) is 0 Å². The highest BCUT2D eigenvalue weighted by molar-refractivity contribution is 5.14. The first kappa shape index (κ1) is 8.63. The molecule has 0 aromatic carbocycles. The first-order valence-corrected chi connectivity index (χ1v) is 4.69. The Balaban J connectivity index is 2.60. The maximum absolute atomic E-state index is 5.97. The number of nitrogens with two attached hydrogens (primary N) is 1. The van der Waals surface area contributed by atoms with E-state index < -0.39 is 0 Å². The van der Waals surface area contributed by atoms with E-state index >= 15 is 0 Å². The van der Waals surface area contributed by atoms with Gasteiger partial charge in [0.1, 0.15) is 0 Å². The van der Waals surface area contributed by atoms with Crippen LogP contribution in [0.3, 0.4) is 0 Å². The summed E-state index contributed by atoms with van der Waals surface area (Å²) in [6.45, 7) is 4.36. The predicted molar refractivity (Wildman–Crippen MR) is 49.1 cm³/mol. The second kappa shape index (κ2) is 3.80. The Hall–Kier alpha value is -0.460. The van der Waals surface area contributed by atoms with Crippen LogP contribution in [0, 0.1) is 5.92 Å². The van der Waals surface area contributed by atoms with Gasteiger partial charge in [-0.25, -0.2) is 0 Å². The summed E-state index contributed by atoms with van der Waals surface area (Å²) in [4.78, 5) is 0. The van der Waals surface area contributed by atoms with E-state index in [4.69, 9.17) is 5.73 Å². The summed E-state index contributed by atoms with van der Waals surface area (Å²) in [5.41, 5.74) is 8.66. The standard InChI is InChI=1S/C10H19N/c1-8(2)10(11)9-6-4-3-5-7-9/h8H,3-7,11H2,1-2H3. The van der Waals surface area contributed by atoms with Crippen LogP contribution in [0.5, 0.6) is 0 Å². The molecule has 0 aliphatic heterocycles. The van der Waals surface area contributed by atoms with E-state index in [-0.39, 0.29) is 0 Å². The van der Waals surface area contributed by atoms with Gasteiger partial charge >= 0.3 is 0 Å². The van der Waals surface area contributed by atoms with Crippen molar-refractivity contribution in [1.29, 1.82) is 0 Å². The highest BCUT2D eigenvalue weighted by atomic mass is 14.6. The SMILES string of the molecule is CC(C)C(N)=C1CCCCC1. The Morgan fingerprint density at radius 1 is 1.18 bits per heavy atom. The van der Waals surface area contributed by atoms with Crippen LogP contribution in [0.1, 0.15) is 46.0 Å². The third kappa shape index (κ3) is 2.25. The lowest BCUT2D eigenvalue weighted by atomic mass is 9.90. The third-order valence-corrected chi connectivity index (χ3v) is 2.49. The van der Waals surface area contributed by atoms with Crippen molar-refractivity contribution in [2.45, 2.75) is 46.0 Å². The van der Waals surface area contributed by atoms with Crippen molar-refractivity contribution in [3.8, 4) is 0 Å². The second-order valence-corrected chi connectivity index (χ2v) is 3.77. The third-order valence-electron chi connectivity index (χ3n) is 2.49. The maximum Gasteiger partial charge on any atom is 0.00983 e. The van der Waals surface area contributed by atoms with Gasteiger partial charge in [-0.2, -0.15) is 0 Å². The van der Waals surface area contributed by atoms with Gasteiger partial charge in [0.05, 0.1) is 0 Å². The second-order valence-electron chi connectivity index (χ2n) is 3.77. The molecule has 64 valence electrons. The smallest absolute Gasteiger partial charge is 0.00983 e. The largest absolute Gasteiger partial charge is 0.402 e. The van der Waals surface area contributed by atoms with Crippen LogP contribution in [-0.2, 0) is 0 Å². The molecule has 1 aliphatic rings. The minimum atomic E-state index is 0.545. The Kier molecular flexibility index (Phi) is 2.98. The van der Waals surface area contributed by atoms with Gasteiger partial charge in [-0.3, -0.25) is 0 Å². The molecule has 0 amide bonds. The van der Waals surface area contributed by atoms with E-state index in [2.05, 4.69) is 13.8 Å². The van der Waals surface area contributed by atoms with Crippen molar-refractivity contribution in [3.05, 3.63) is 11.3 Å². The summed E-state index contributed by atoms with van der Waals surface area (Å²) in [5, 5.41) is 0. The van der Waals surface area contributed by atoms with Gasteiger partial charge in [-0.15, -0.1) is 0 Å². The predicted octanol–water partition coefficient (Wildman–Crippen LogP) is 2.82. The Labute approximate surface area is 69.7 Å². The molecule has 0 heterocycles. The van der Waals surface area contributed by atoms with Gasteiger partial charge in [0, 0.05) is 5.70 Å². The number of allylic oxidation sites excluding steroid dienone is 2. The van der Waals surface area contributed by atoms with Crippen molar-refractivity contribution in [1.82, 2.24) is 0 Å². The van der Waals surface area contributed by atoms with Crippen molar-refractivity contribution in [3.63, 3.8) is 0 Å². The van der Waals surface area contributed by atoms with Crippen LogP contribution >= 0.6 is 0 Å². The molecule has 0 saturated heterocycles. The molecule has 1 rings (SSSR count). The van der Waals surface area contributed by atoms with Crippen molar-refractivity contribution in [2.24, 2.45) is 11.7 Å². The molecule has 0 aromatic heterocycles. The molecule has 0 radical (unpaired) electrons. The molecule has 1 aliphatic carbocycles. The average molecular weight is 153 g/mol. The molecule has 11 heavy (non-hydrogen) atoms. The quantitative estimate of drug-likeness (QED) is 0.616. The summed E-state index contributed by atoms with van der Waals surface area (Å²) in [5.74, 6) is 0.545. The van der Waals surface area contributed by atoms with Gasteiger partial charge in [0.2, 0.25) is 0 Å². The van der Waals surface area contributed by atoms with Crippen molar-refractivity contribution < 1.29 is 0 Å². The summed E-state index contributed by atoms with van der Waals surface area (Å²) < 4.78 is 0. The lowest BCUT2D eigenvalue weighted by Crippen LogP contribution is -2.11. The molecule has 1 fully saturated rings. The van der Waals surface area contributed by atoms with E-state index in [1.54, 1.807) is 0 Å². The number of rotatable bonds is 1. The minimum absolute atomic E-state index is 0.545. The zero-order valence-electron chi connectivity index (χ0n) is 7.69. The van der Waals surface area contributed by atoms with Crippen molar-refractivity contribution in [2.75, 3.05) is 0 Å². The maximum atomic E-state index is 5.97. The van der Waals surface area contributed by atoms with E-state index in [0.717, 1.165) is 5.70 Å². The molecule has 0 spiro atoms. The van der Waals surface area contributed by atoms with Gasteiger partial charge in [-0.1, -0.05) is 25.8 Å². The topological polar surface area (TPSA) is 26.0 Å². The number of hydrogen-bond donors (Lipinski definition) is 1. The Morgan fingerprint density at radius 2 is 1.73 bits per heavy atom. The van der Waals surface area contributed by atoms with Crippen LogP contribution in [-0.4, -0.2) is 0 Å². The van der Waals surface area contributed by atoms with Crippen LogP contribution in [0.25, 0.3) is 0 Å². The molecule has 0 unspecified atom stereocenters. The molecule has 0 atom stereocenters. The molecule has 1 heteroatoms. The molecular formula is C10H19N. The Bertz CT molecular complexity index is 148. The van der Waals surface area contributed by atoms with E-state index in [9.17, 15) is 0 Å². The van der Waals surface area contributed by atoms with Crippen molar-refractivity contribution >= 4 is 0 Å². The van der Waals surface area contributed by atoms with Gasteiger partial charge in [-0.05, 0) is 31.6 Å². The summed E-state index contributed by atoms with van der Waals surface area (Å²) >= 11 is 0. The van der Waals surface area contributed by atoms with Crippen LogP contribution in [0.4, 0.5) is 0 Å². The fourth-order valence-corrected chi connectivity index (χ4v) is 1.68. The highest BCUT2D eigenvalue weighted by Gasteiger charge is 2.10. The Morgan fingerprint density at radius 3 is 2.18 bits per heavy atom. The summed E-state index contributed by atoms with van der Waals surface area (Å²) in [6, 6.07) is 0. The average Bonchev–Trinajstić information content (AvgIpc) is 2.05. The van der Waals surface area contributed by atoms with E-state index in [1.165, 1.54) is 37.7 Å². The minimum Gasteiger partial charge on any atom is -0.402 e. The van der Waals surface area contributed by atoms with Gasteiger partial charge in [0.25, 0.3) is 0 Å². The van der Waals surface area contributed by atoms with Gasteiger partial charge < -0.3 is 5.73 Å². The zero-order chi connectivity index (χ0) is 8.27. The number of hydrogen-bond acceptors (Lipinski definition) is 1. The molecule has 0 bridgehead atoms. The van der Waals surface area contributed by atoms with Crippen LogP contribution < -0.4 is 5.73 Å². The first-order valence-electron chi connectivity index (χ1n) is 4.69. The fourth-order valence-electron chi connectivity index (χ4n) is 1.68. The zero-order valence-corrected chi connectivity index (χ0v) is 7.69. The molecule has 2 N–H and O–H groups in total. The lowest BCUT2D eigenvalue weighted by Gasteiger charge is -2.18. The molecular weight excluding hydrogens is 134 g/mol. The summed E-state index contributed by atoms with van der Waals surface area (Å²) in [7, 11) is 0. The van der Waals surface area contributed by atoms with Gasteiger partial charge in [0.15, 0.2) is 0 Å². The molecule has 1 nitrogen and oxygen atoms in total. The monoisotopic (exact) mass is 153 g/mol. The summed E-state index contributed by atoms with van der Waals surface area (Å²) in [6.07, 6.45) is 6.61. The molecule has 1 saturated carbocycles. The lowest BCUT2D eigenvalue weighted by molar-refractivity contribution is 0.577. The van der Waals surface area contributed by atoms with E-state index in [0.29, 0.717) is 5.92 Å². The van der Waals surface area contributed by atoms with E-state index in [1.807, 2.05) is 0 Å². The molecule has 0 aromatic rings. The first-order chi connectivity index (χ1) is 5.22. The van der Waals surface area contributed by atoms with Crippen LogP contribution in [0.15, 0.2) is 11.3 Å². The fraction of sp³-hybridized carbons (Fsp3) is 0.800. The highest BCUT2D eigenvalue weighted by Crippen LogP contribution is 2.26.